The molecule has 1 aliphatic carbocycles. The van der Waals surface area contributed by atoms with Crippen molar-refractivity contribution in [2.45, 2.75) is 18.4 Å². The third-order valence-electron chi connectivity index (χ3n) is 4.94. The molecule has 1 nitrogen and oxygen atoms in total. The van der Waals surface area contributed by atoms with Gasteiger partial charge in [0, 0.05) is 0 Å². The predicted octanol–water partition coefficient (Wildman–Crippen LogP) is 4.80. The topological polar surface area (TPSA) is 20.2 Å². The first-order chi connectivity index (χ1) is 11.7. The zero-order valence-corrected chi connectivity index (χ0v) is 13.7. The van der Waals surface area contributed by atoms with Crippen LogP contribution in [0.2, 0.25) is 0 Å². The van der Waals surface area contributed by atoms with E-state index in [1.165, 1.54) is 16.7 Å². The van der Waals surface area contributed by atoms with Crippen LogP contribution in [0.4, 0.5) is 0 Å². The summed E-state index contributed by atoms with van der Waals surface area (Å²) in [6, 6.07) is 29.5. The van der Waals surface area contributed by atoms with E-state index in [4.69, 9.17) is 0 Å². The van der Waals surface area contributed by atoms with Crippen LogP contribution in [-0.4, -0.2) is 11.2 Å². The van der Waals surface area contributed by atoms with E-state index in [1.807, 2.05) is 25.1 Å². The highest BCUT2D eigenvalue weighted by Gasteiger charge is 2.41. The molecule has 1 atom stereocenters. The van der Waals surface area contributed by atoms with Crippen LogP contribution in [0.5, 0.6) is 0 Å². The quantitative estimate of drug-likeness (QED) is 0.736. The fourth-order valence-corrected chi connectivity index (χ4v) is 3.86. The van der Waals surface area contributed by atoms with Gasteiger partial charge in [0.05, 0.1) is 11.5 Å². The lowest BCUT2D eigenvalue weighted by atomic mass is 9.71. The summed E-state index contributed by atoms with van der Waals surface area (Å²) in [5, 5.41) is 10.4. The number of benzene rings is 3. The summed E-state index contributed by atoms with van der Waals surface area (Å²) in [6.45, 7) is 1.84. The molecule has 0 heterocycles. The van der Waals surface area contributed by atoms with E-state index >= 15 is 0 Å². The largest absolute Gasteiger partial charge is 0.389 e. The average Bonchev–Trinajstić information content (AvgIpc) is 3.00. The molecule has 1 heteroatoms. The third kappa shape index (κ3) is 2.13. The van der Waals surface area contributed by atoms with E-state index < -0.39 is 6.10 Å². The van der Waals surface area contributed by atoms with E-state index in [1.54, 1.807) is 0 Å². The Kier molecular flexibility index (Phi) is 3.59. The molecule has 1 aliphatic rings. The van der Waals surface area contributed by atoms with Crippen LogP contribution in [0, 0.1) is 0 Å². The molecule has 118 valence electrons. The van der Waals surface area contributed by atoms with Gasteiger partial charge in [-0.3, -0.25) is 0 Å². The van der Waals surface area contributed by atoms with Gasteiger partial charge in [-0.15, -0.1) is 0 Å². The summed E-state index contributed by atoms with van der Waals surface area (Å²) < 4.78 is 0. The Morgan fingerprint density at radius 3 is 1.75 bits per heavy atom. The minimum atomic E-state index is -0.500. The van der Waals surface area contributed by atoms with E-state index in [2.05, 4.69) is 72.8 Å². The van der Waals surface area contributed by atoms with Gasteiger partial charge in [-0.2, -0.15) is 0 Å². The fourth-order valence-electron chi connectivity index (χ4n) is 3.86. The Morgan fingerprint density at radius 1 is 0.708 bits per heavy atom. The van der Waals surface area contributed by atoms with E-state index in [9.17, 15) is 5.11 Å². The first-order valence-electron chi connectivity index (χ1n) is 8.35. The molecular weight excluding hydrogens is 292 g/mol. The van der Waals surface area contributed by atoms with Crippen molar-refractivity contribution in [3.05, 3.63) is 113 Å². The maximum atomic E-state index is 10.4. The lowest BCUT2D eigenvalue weighted by Crippen LogP contribution is -2.25. The molecule has 4 rings (SSSR count). The SMILES string of the molecule is C[C@H](O)C1=CC(c2ccccc2)(c2ccccc2)c2ccccc21. The Hall–Kier alpha value is -2.64. The molecule has 0 amide bonds. The smallest absolute Gasteiger partial charge is 0.0765 e. The highest BCUT2D eigenvalue weighted by Crippen LogP contribution is 2.50. The summed E-state index contributed by atoms with van der Waals surface area (Å²) in [6.07, 6.45) is 1.74. The number of allylic oxidation sites excluding steroid dienone is 1. The van der Waals surface area contributed by atoms with Gasteiger partial charge in [-0.05, 0) is 34.8 Å². The van der Waals surface area contributed by atoms with Crippen LogP contribution in [0.15, 0.2) is 91.0 Å². The van der Waals surface area contributed by atoms with Crippen molar-refractivity contribution in [3.8, 4) is 0 Å². The van der Waals surface area contributed by atoms with Crippen molar-refractivity contribution < 1.29 is 5.11 Å². The van der Waals surface area contributed by atoms with Gasteiger partial charge in [0.25, 0.3) is 0 Å². The lowest BCUT2D eigenvalue weighted by molar-refractivity contribution is 0.253. The zero-order valence-electron chi connectivity index (χ0n) is 13.7. The first-order valence-corrected chi connectivity index (χ1v) is 8.35. The molecule has 24 heavy (non-hydrogen) atoms. The second-order valence-electron chi connectivity index (χ2n) is 6.36. The molecule has 1 N–H and O–H groups in total. The van der Waals surface area contributed by atoms with Crippen LogP contribution in [0.3, 0.4) is 0 Å². The fraction of sp³-hybridized carbons (Fsp3) is 0.130. The zero-order chi connectivity index (χ0) is 16.6. The van der Waals surface area contributed by atoms with Crippen LogP contribution >= 0.6 is 0 Å². The van der Waals surface area contributed by atoms with Gasteiger partial charge < -0.3 is 5.11 Å². The van der Waals surface area contributed by atoms with Gasteiger partial charge in [0.2, 0.25) is 0 Å². The molecule has 0 aromatic heterocycles. The Bertz CT molecular complexity index is 837. The predicted molar refractivity (Wildman–Crippen MR) is 98.9 cm³/mol. The molecule has 0 saturated heterocycles. The first kappa shape index (κ1) is 14.9. The van der Waals surface area contributed by atoms with Crippen LogP contribution in [0.1, 0.15) is 29.2 Å². The van der Waals surface area contributed by atoms with Crippen molar-refractivity contribution in [1.29, 1.82) is 0 Å². The van der Waals surface area contributed by atoms with Crippen molar-refractivity contribution in [1.82, 2.24) is 0 Å². The highest BCUT2D eigenvalue weighted by atomic mass is 16.3. The standard InChI is InChI=1S/C23H20O/c1-17(24)21-16-23(18-10-4-2-5-11-18,19-12-6-3-7-13-19)22-15-9-8-14-20(21)22/h2-17,24H,1H3/t17-/m0/s1. The molecule has 3 aromatic rings. The lowest BCUT2D eigenvalue weighted by Gasteiger charge is -2.30. The number of hydrogen-bond donors (Lipinski definition) is 1. The summed E-state index contributed by atoms with van der Waals surface area (Å²) in [5.74, 6) is 0. The summed E-state index contributed by atoms with van der Waals surface area (Å²) in [4.78, 5) is 0. The molecule has 0 saturated carbocycles. The molecule has 0 radical (unpaired) electrons. The normalized spacial score (nSPS) is 16.3. The maximum absolute atomic E-state index is 10.4. The molecular formula is C23H20O. The van der Waals surface area contributed by atoms with Gasteiger partial charge in [-0.1, -0.05) is 91.0 Å². The van der Waals surface area contributed by atoms with Crippen LogP contribution in [0.25, 0.3) is 5.57 Å². The molecule has 3 aromatic carbocycles. The van der Waals surface area contributed by atoms with Crippen molar-refractivity contribution in [2.75, 3.05) is 0 Å². The van der Waals surface area contributed by atoms with Crippen LogP contribution < -0.4 is 0 Å². The van der Waals surface area contributed by atoms with Crippen molar-refractivity contribution in [3.63, 3.8) is 0 Å². The molecule has 0 unspecified atom stereocenters. The highest BCUT2D eigenvalue weighted by molar-refractivity contribution is 5.83. The summed E-state index contributed by atoms with van der Waals surface area (Å²) in [5.41, 5.74) is 5.46. The minimum absolute atomic E-state index is 0.356. The van der Waals surface area contributed by atoms with E-state index in [-0.39, 0.29) is 5.41 Å². The van der Waals surface area contributed by atoms with Crippen molar-refractivity contribution in [2.24, 2.45) is 0 Å². The van der Waals surface area contributed by atoms with Gasteiger partial charge in [0.15, 0.2) is 0 Å². The van der Waals surface area contributed by atoms with E-state index in [0.717, 1.165) is 11.1 Å². The van der Waals surface area contributed by atoms with Gasteiger partial charge in [0.1, 0.15) is 0 Å². The second kappa shape index (κ2) is 5.77. The van der Waals surface area contributed by atoms with Crippen LogP contribution in [-0.2, 0) is 5.41 Å². The monoisotopic (exact) mass is 312 g/mol. The number of rotatable bonds is 3. The van der Waals surface area contributed by atoms with Gasteiger partial charge in [-0.25, -0.2) is 0 Å². The Labute approximate surface area is 142 Å². The van der Waals surface area contributed by atoms with Crippen molar-refractivity contribution >= 4 is 5.57 Å². The summed E-state index contributed by atoms with van der Waals surface area (Å²) in [7, 11) is 0. The number of aliphatic hydroxyl groups is 1. The van der Waals surface area contributed by atoms with E-state index in [0.29, 0.717) is 0 Å². The number of fused-ring (bicyclic) bond motifs is 1. The minimum Gasteiger partial charge on any atom is -0.389 e. The third-order valence-corrected chi connectivity index (χ3v) is 4.94. The average molecular weight is 312 g/mol. The molecule has 0 spiro atoms. The Morgan fingerprint density at radius 2 is 1.21 bits per heavy atom. The molecule has 0 aliphatic heterocycles. The number of aliphatic hydroxyl groups excluding tert-OH is 1. The maximum Gasteiger partial charge on any atom is 0.0765 e. The number of hydrogen-bond acceptors (Lipinski definition) is 1. The van der Waals surface area contributed by atoms with Gasteiger partial charge >= 0.3 is 0 Å². The second-order valence-corrected chi connectivity index (χ2v) is 6.36. The Balaban J connectivity index is 2.09. The summed E-state index contributed by atoms with van der Waals surface area (Å²) >= 11 is 0. The molecule has 0 fully saturated rings. The molecule has 0 bridgehead atoms.